The standard InChI is InChI=1S/C13H19N3OS/c1-3-4-7-12(2)18-11-16-9-6-5-8-13(16)15-17-10-14/h5-6,8-9,12H,3-4,7,11H2,1-2H3/b15-13-/t12-/m0/s1. The quantitative estimate of drug-likeness (QED) is 0.562. The molecule has 0 aliphatic heterocycles. The summed E-state index contributed by atoms with van der Waals surface area (Å²) in [6, 6.07) is 5.65. The van der Waals surface area contributed by atoms with Crippen molar-refractivity contribution >= 4 is 11.8 Å². The first kappa shape index (κ1) is 14.7. The summed E-state index contributed by atoms with van der Waals surface area (Å²) in [4.78, 5) is 4.43. The van der Waals surface area contributed by atoms with Crippen LogP contribution in [0.15, 0.2) is 29.6 Å². The number of unbranched alkanes of at least 4 members (excludes halogenated alkanes) is 1. The van der Waals surface area contributed by atoms with Crippen LogP contribution in [0.4, 0.5) is 0 Å². The molecule has 5 heteroatoms. The van der Waals surface area contributed by atoms with E-state index in [1.54, 1.807) is 6.26 Å². The Morgan fingerprint density at radius 1 is 1.56 bits per heavy atom. The summed E-state index contributed by atoms with van der Waals surface area (Å²) in [6.45, 7) is 4.45. The number of thioether (sulfide) groups is 1. The summed E-state index contributed by atoms with van der Waals surface area (Å²) in [5, 5.41) is 12.7. The van der Waals surface area contributed by atoms with Crippen LogP contribution >= 0.6 is 11.8 Å². The molecule has 0 saturated carbocycles. The topological polar surface area (TPSA) is 50.3 Å². The molecule has 0 fully saturated rings. The third-order valence-corrected chi connectivity index (χ3v) is 3.79. The average molecular weight is 265 g/mol. The van der Waals surface area contributed by atoms with E-state index in [-0.39, 0.29) is 0 Å². The van der Waals surface area contributed by atoms with Gasteiger partial charge in [-0.2, -0.15) is 0 Å². The van der Waals surface area contributed by atoms with Crippen LogP contribution in [-0.2, 0) is 10.7 Å². The number of rotatable bonds is 7. The predicted molar refractivity (Wildman–Crippen MR) is 73.3 cm³/mol. The van der Waals surface area contributed by atoms with Crippen LogP contribution in [-0.4, -0.2) is 9.82 Å². The molecule has 98 valence electrons. The first-order valence-corrected chi connectivity index (χ1v) is 7.19. The van der Waals surface area contributed by atoms with E-state index in [1.807, 2.05) is 40.7 Å². The van der Waals surface area contributed by atoms with Crippen LogP contribution in [0.2, 0.25) is 0 Å². The molecular weight excluding hydrogens is 246 g/mol. The van der Waals surface area contributed by atoms with Gasteiger partial charge < -0.3 is 4.57 Å². The molecule has 4 nitrogen and oxygen atoms in total. The molecule has 1 aromatic rings. The van der Waals surface area contributed by atoms with Gasteiger partial charge in [0.2, 0.25) is 0 Å². The minimum atomic E-state index is 0.627. The van der Waals surface area contributed by atoms with Gasteiger partial charge in [0, 0.05) is 11.4 Å². The zero-order chi connectivity index (χ0) is 13.2. The molecule has 0 bridgehead atoms. The normalized spacial score (nSPS) is 13.1. The Bertz CT molecular complexity index is 450. The van der Waals surface area contributed by atoms with Gasteiger partial charge in [-0.05, 0) is 23.7 Å². The number of pyridine rings is 1. The van der Waals surface area contributed by atoms with Crippen molar-refractivity contribution in [2.75, 3.05) is 0 Å². The van der Waals surface area contributed by atoms with Crippen LogP contribution in [0.3, 0.4) is 0 Å². The number of aromatic nitrogens is 1. The Hall–Kier alpha value is -1.41. The van der Waals surface area contributed by atoms with Gasteiger partial charge >= 0.3 is 6.26 Å². The Kier molecular flexibility index (Phi) is 7.04. The Labute approximate surface area is 112 Å². The maximum absolute atomic E-state index is 8.35. The van der Waals surface area contributed by atoms with E-state index in [0.29, 0.717) is 10.7 Å². The van der Waals surface area contributed by atoms with E-state index in [4.69, 9.17) is 5.26 Å². The lowest BCUT2D eigenvalue weighted by Crippen LogP contribution is -2.19. The second kappa shape index (κ2) is 8.65. The van der Waals surface area contributed by atoms with E-state index < -0.39 is 0 Å². The fourth-order valence-electron chi connectivity index (χ4n) is 1.51. The third kappa shape index (κ3) is 5.28. The maximum Gasteiger partial charge on any atom is 0.316 e. The summed E-state index contributed by atoms with van der Waals surface area (Å²) in [6.07, 6.45) is 7.23. The molecule has 1 aromatic heterocycles. The fourth-order valence-corrected chi connectivity index (χ4v) is 2.48. The van der Waals surface area contributed by atoms with Crippen molar-refractivity contribution in [3.63, 3.8) is 0 Å². The molecule has 0 spiro atoms. The molecule has 0 N–H and O–H groups in total. The van der Waals surface area contributed by atoms with Gasteiger partial charge in [-0.25, -0.2) is 0 Å². The Morgan fingerprint density at radius 2 is 2.39 bits per heavy atom. The van der Waals surface area contributed by atoms with Crippen molar-refractivity contribution in [2.45, 2.75) is 44.2 Å². The van der Waals surface area contributed by atoms with E-state index in [0.717, 1.165) is 5.88 Å². The molecule has 0 radical (unpaired) electrons. The number of hydrogen-bond acceptors (Lipinski definition) is 4. The lowest BCUT2D eigenvalue weighted by molar-refractivity contribution is 0.269. The molecule has 1 heterocycles. The molecule has 0 amide bonds. The molecule has 0 saturated heterocycles. The van der Waals surface area contributed by atoms with Gasteiger partial charge in [0.05, 0.1) is 5.88 Å². The summed E-state index contributed by atoms with van der Waals surface area (Å²) in [5.74, 6) is 0.819. The summed E-state index contributed by atoms with van der Waals surface area (Å²) in [7, 11) is 0. The SMILES string of the molecule is CCCC[C@H](C)SCn1cccc/c1=N/OC#N. The monoisotopic (exact) mass is 265 g/mol. The van der Waals surface area contributed by atoms with Gasteiger partial charge in [-0.3, -0.25) is 4.84 Å². The molecule has 1 rings (SSSR count). The Morgan fingerprint density at radius 3 is 3.11 bits per heavy atom. The first-order valence-electron chi connectivity index (χ1n) is 6.14. The second-order valence-electron chi connectivity index (χ2n) is 4.05. The van der Waals surface area contributed by atoms with Crippen molar-refractivity contribution in [2.24, 2.45) is 5.16 Å². The van der Waals surface area contributed by atoms with Crippen molar-refractivity contribution in [1.29, 1.82) is 5.26 Å². The maximum atomic E-state index is 8.35. The minimum Gasteiger partial charge on any atom is -0.321 e. The van der Waals surface area contributed by atoms with Gasteiger partial charge in [0.25, 0.3) is 0 Å². The van der Waals surface area contributed by atoms with Crippen molar-refractivity contribution < 1.29 is 4.84 Å². The fraction of sp³-hybridized carbons (Fsp3) is 0.538. The van der Waals surface area contributed by atoms with Gasteiger partial charge in [0.15, 0.2) is 5.49 Å². The lowest BCUT2D eigenvalue weighted by atomic mass is 10.2. The summed E-state index contributed by atoms with van der Waals surface area (Å²) in [5.41, 5.74) is 0.661. The molecule has 0 aromatic carbocycles. The average Bonchev–Trinajstić information content (AvgIpc) is 2.41. The smallest absolute Gasteiger partial charge is 0.316 e. The molecule has 0 aliphatic carbocycles. The van der Waals surface area contributed by atoms with E-state index in [2.05, 4.69) is 23.8 Å². The summed E-state index contributed by atoms with van der Waals surface area (Å²) >= 11 is 1.88. The zero-order valence-corrected chi connectivity index (χ0v) is 11.7. The first-order chi connectivity index (χ1) is 8.77. The highest BCUT2D eigenvalue weighted by Crippen LogP contribution is 2.17. The van der Waals surface area contributed by atoms with E-state index in [1.165, 1.54) is 19.3 Å². The lowest BCUT2D eigenvalue weighted by Gasteiger charge is -2.12. The van der Waals surface area contributed by atoms with Crippen LogP contribution in [0, 0.1) is 11.5 Å². The second-order valence-corrected chi connectivity index (χ2v) is 5.45. The van der Waals surface area contributed by atoms with E-state index >= 15 is 0 Å². The predicted octanol–water partition coefficient (Wildman–Crippen LogP) is 3.07. The third-order valence-electron chi connectivity index (χ3n) is 2.56. The van der Waals surface area contributed by atoms with Crippen LogP contribution in [0.1, 0.15) is 33.1 Å². The van der Waals surface area contributed by atoms with Crippen molar-refractivity contribution in [1.82, 2.24) is 4.57 Å². The van der Waals surface area contributed by atoms with Crippen LogP contribution in [0.5, 0.6) is 0 Å². The molecular formula is C13H19N3OS. The van der Waals surface area contributed by atoms with Gasteiger partial charge in [-0.15, -0.1) is 17.0 Å². The van der Waals surface area contributed by atoms with Crippen molar-refractivity contribution in [3.8, 4) is 6.26 Å². The van der Waals surface area contributed by atoms with Gasteiger partial charge in [-0.1, -0.05) is 32.8 Å². The highest BCUT2D eigenvalue weighted by molar-refractivity contribution is 7.98. The minimum absolute atomic E-state index is 0.627. The van der Waals surface area contributed by atoms with Crippen LogP contribution < -0.4 is 5.49 Å². The Balaban J connectivity index is 2.59. The number of nitrogens with zero attached hydrogens (tertiary/aromatic N) is 3. The molecule has 0 unspecified atom stereocenters. The largest absolute Gasteiger partial charge is 0.321 e. The highest BCUT2D eigenvalue weighted by atomic mass is 32.2. The number of nitriles is 1. The zero-order valence-electron chi connectivity index (χ0n) is 10.9. The van der Waals surface area contributed by atoms with E-state index in [9.17, 15) is 0 Å². The molecule has 1 atom stereocenters. The summed E-state index contributed by atoms with van der Waals surface area (Å²) < 4.78 is 1.98. The van der Waals surface area contributed by atoms with Crippen molar-refractivity contribution in [3.05, 3.63) is 29.9 Å². The number of hydrogen-bond donors (Lipinski definition) is 0. The molecule has 18 heavy (non-hydrogen) atoms. The molecule has 0 aliphatic rings. The highest BCUT2D eigenvalue weighted by Gasteiger charge is 2.02. The van der Waals surface area contributed by atoms with Gasteiger partial charge in [0.1, 0.15) is 0 Å². The van der Waals surface area contributed by atoms with Crippen LogP contribution in [0.25, 0.3) is 0 Å².